The highest BCUT2D eigenvalue weighted by Gasteiger charge is 1.95. The Hall–Kier alpha value is -0.710. The Labute approximate surface area is 91.6 Å². The average Bonchev–Trinajstić information content (AvgIpc) is 2.86. The predicted molar refractivity (Wildman–Crippen MR) is 61.8 cm³/mol. The number of rotatable bonds is 5. The minimum Gasteiger partial charge on any atom is -0.311 e. The van der Waals surface area contributed by atoms with Crippen LogP contribution in [0.15, 0.2) is 29.1 Å². The third-order valence-corrected chi connectivity index (χ3v) is 3.59. The molecule has 0 aliphatic carbocycles. The molecule has 0 bridgehead atoms. The van der Waals surface area contributed by atoms with Crippen molar-refractivity contribution in [3.63, 3.8) is 0 Å². The van der Waals surface area contributed by atoms with Gasteiger partial charge in [-0.25, -0.2) is 4.98 Å². The van der Waals surface area contributed by atoms with Crippen LogP contribution in [0.1, 0.15) is 9.88 Å². The Morgan fingerprint density at radius 1 is 1.29 bits per heavy atom. The fourth-order valence-corrected chi connectivity index (χ4v) is 2.49. The van der Waals surface area contributed by atoms with Gasteiger partial charge in [0.2, 0.25) is 0 Å². The molecule has 0 amide bonds. The summed E-state index contributed by atoms with van der Waals surface area (Å²) in [5, 5.41) is 8.75. The standard InChI is InChI=1S/C10H12N2S2/c1-2-9(13-6-1)8-11-4-3-10-12-5-7-14-10/h1-2,5-7,11H,3-4,8H2. The molecule has 0 saturated carbocycles. The molecule has 0 aromatic carbocycles. The summed E-state index contributed by atoms with van der Waals surface area (Å²) in [5.41, 5.74) is 0. The molecule has 2 aromatic heterocycles. The number of aromatic nitrogens is 1. The van der Waals surface area contributed by atoms with Crippen LogP contribution in [0, 0.1) is 0 Å². The van der Waals surface area contributed by atoms with Gasteiger partial charge in [-0.1, -0.05) is 6.07 Å². The van der Waals surface area contributed by atoms with Crippen LogP contribution in [-0.4, -0.2) is 11.5 Å². The second-order valence-electron chi connectivity index (χ2n) is 2.93. The second-order valence-corrected chi connectivity index (χ2v) is 4.94. The van der Waals surface area contributed by atoms with E-state index in [4.69, 9.17) is 0 Å². The first-order valence-electron chi connectivity index (χ1n) is 4.56. The van der Waals surface area contributed by atoms with Crippen molar-refractivity contribution in [1.82, 2.24) is 10.3 Å². The Morgan fingerprint density at radius 2 is 2.29 bits per heavy atom. The molecule has 0 aliphatic rings. The topological polar surface area (TPSA) is 24.9 Å². The van der Waals surface area contributed by atoms with Crippen molar-refractivity contribution < 1.29 is 0 Å². The fourth-order valence-electron chi connectivity index (χ4n) is 1.20. The molecule has 2 rings (SSSR count). The molecule has 0 aliphatic heterocycles. The summed E-state index contributed by atoms with van der Waals surface area (Å²) in [5.74, 6) is 0. The van der Waals surface area contributed by atoms with E-state index < -0.39 is 0 Å². The number of nitrogens with zero attached hydrogens (tertiary/aromatic N) is 1. The van der Waals surface area contributed by atoms with Crippen molar-refractivity contribution in [1.29, 1.82) is 0 Å². The normalized spacial score (nSPS) is 10.6. The van der Waals surface area contributed by atoms with Gasteiger partial charge in [-0.3, -0.25) is 0 Å². The zero-order valence-electron chi connectivity index (χ0n) is 7.77. The van der Waals surface area contributed by atoms with E-state index in [1.165, 1.54) is 9.88 Å². The van der Waals surface area contributed by atoms with Crippen LogP contribution in [0.5, 0.6) is 0 Å². The second kappa shape index (κ2) is 5.24. The van der Waals surface area contributed by atoms with E-state index >= 15 is 0 Å². The molecule has 74 valence electrons. The summed E-state index contributed by atoms with van der Waals surface area (Å²) < 4.78 is 0. The summed E-state index contributed by atoms with van der Waals surface area (Å²) in [4.78, 5) is 5.62. The first kappa shape index (κ1) is 9.83. The van der Waals surface area contributed by atoms with Gasteiger partial charge in [0.15, 0.2) is 0 Å². The van der Waals surface area contributed by atoms with E-state index in [9.17, 15) is 0 Å². The summed E-state index contributed by atoms with van der Waals surface area (Å²) in [7, 11) is 0. The third-order valence-electron chi connectivity index (χ3n) is 1.88. The maximum absolute atomic E-state index is 4.23. The summed E-state index contributed by atoms with van der Waals surface area (Å²) >= 11 is 3.52. The van der Waals surface area contributed by atoms with Crippen molar-refractivity contribution >= 4 is 22.7 Å². The maximum atomic E-state index is 4.23. The fraction of sp³-hybridized carbons (Fsp3) is 0.300. The summed E-state index contributed by atoms with van der Waals surface area (Å²) in [6.07, 6.45) is 2.89. The number of thiophene rings is 1. The molecular formula is C10H12N2S2. The van der Waals surface area contributed by atoms with E-state index in [1.54, 1.807) is 22.7 Å². The van der Waals surface area contributed by atoms with Crippen molar-refractivity contribution in [2.24, 2.45) is 0 Å². The van der Waals surface area contributed by atoms with Crippen LogP contribution in [0.3, 0.4) is 0 Å². The van der Waals surface area contributed by atoms with Crippen LogP contribution in [-0.2, 0) is 13.0 Å². The Balaban J connectivity index is 1.65. The molecule has 2 aromatic rings. The minimum absolute atomic E-state index is 0.975. The van der Waals surface area contributed by atoms with Crippen LogP contribution < -0.4 is 5.32 Å². The van der Waals surface area contributed by atoms with Gasteiger partial charge in [0.05, 0.1) is 5.01 Å². The maximum Gasteiger partial charge on any atom is 0.0937 e. The molecule has 0 atom stereocenters. The number of hydrogen-bond acceptors (Lipinski definition) is 4. The largest absolute Gasteiger partial charge is 0.311 e. The van der Waals surface area contributed by atoms with Crippen LogP contribution in [0.2, 0.25) is 0 Å². The highest BCUT2D eigenvalue weighted by Crippen LogP contribution is 2.07. The molecule has 2 nitrogen and oxygen atoms in total. The zero-order chi connectivity index (χ0) is 9.64. The molecule has 0 fully saturated rings. The number of nitrogens with one attached hydrogen (secondary N) is 1. The third kappa shape index (κ3) is 2.90. The van der Waals surface area contributed by atoms with Crippen LogP contribution in [0.4, 0.5) is 0 Å². The molecule has 0 saturated heterocycles. The molecule has 4 heteroatoms. The minimum atomic E-state index is 0.975. The molecule has 1 N–H and O–H groups in total. The van der Waals surface area contributed by atoms with Gasteiger partial charge in [0.1, 0.15) is 0 Å². The Morgan fingerprint density at radius 3 is 3.00 bits per heavy atom. The van der Waals surface area contributed by atoms with Gasteiger partial charge >= 0.3 is 0 Å². The number of thiazole rings is 1. The Bertz CT molecular complexity index is 304. The van der Waals surface area contributed by atoms with Crippen molar-refractivity contribution in [2.75, 3.05) is 6.54 Å². The SMILES string of the molecule is c1csc(CNCCc2nccs2)c1. The van der Waals surface area contributed by atoms with Gasteiger partial charge < -0.3 is 5.32 Å². The molecule has 0 spiro atoms. The van der Waals surface area contributed by atoms with Crippen molar-refractivity contribution in [3.05, 3.63) is 39.0 Å². The molecular weight excluding hydrogens is 212 g/mol. The van der Waals surface area contributed by atoms with Gasteiger partial charge in [-0.15, -0.1) is 22.7 Å². The lowest BCUT2D eigenvalue weighted by atomic mass is 10.4. The van der Waals surface area contributed by atoms with Crippen molar-refractivity contribution in [3.8, 4) is 0 Å². The highest BCUT2D eigenvalue weighted by atomic mass is 32.1. The summed E-state index contributed by atoms with van der Waals surface area (Å²) in [6.45, 7) is 1.98. The van der Waals surface area contributed by atoms with E-state index in [1.807, 2.05) is 11.6 Å². The predicted octanol–water partition coefficient (Wildman–Crippen LogP) is 2.54. The lowest BCUT2D eigenvalue weighted by Crippen LogP contribution is -2.15. The molecule has 0 radical (unpaired) electrons. The van der Waals surface area contributed by atoms with E-state index in [2.05, 4.69) is 27.8 Å². The smallest absolute Gasteiger partial charge is 0.0937 e. The van der Waals surface area contributed by atoms with Crippen LogP contribution >= 0.6 is 22.7 Å². The van der Waals surface area contributed by atoms with Gasteiger partial charge in [0, 0.05) is 36.0 Å². The molecule has 0 unspecified atom stereocenters. The Kier molecular flexibility index (Phi) is 3.68. The number of hydrogen-bond donors (Lipinski definition) is 1. The van der Waals surface area contributed by atoms with E-state index in [-0.39, 0.29) is 0 Å². The quantitative estimate of drug-likeness (QED) is 0.789. The van der Waals surface area contributed by atoms with Crippen molar-refractivity contribution in [2.45, 2.75) is 13.0 Å². The van der Waals surface area contributed by atoms with Crippen LogP contribution in [0.25, 0.3) is 0 Å². The first-order chi connectivity index (χ1) is 6.95. The van der Waals surface area contributed by atoms with Gasteiger partial charge in [0.25, 0.3) is 0 Å². The summed E-state index contributed by atoms with van der Waals surface area (Å²) in [6, 6.07) is 4.24. The zero-order valence-corrected chi connectivity index (χ0v) is 9.40. The molecule has 14 heavy (non-hydrogen) atoms. The van der Waals surface area contributed by atoms with E-state index in [0.717, 1.165) is 19.5 Å². The monoisotopic (exact) mass is 224 g/mol. The van der Waals surface area contributed by atoms with Gasteiger partial charge in [-0.05, 0) is 11.4 Å². The highest BCUT2D eigenvalue weighted by molar-refractivity contribution is 7.10. The lowest BCUT2D eigenvalue weighted by molar-refractivity contribution is 0.692. The molecule has 2 heterocycles. The first-order valence-corrected chi connectivity index (χ1v) is 6.32. The van der Waals surface area contributed by atoms with E-state index in [0.29, 0.717) is 0 Å². The van der Waals surface area contributed by atoms with Gasteiger partial charge in [-0.2, -0.15) is 0 Å². The average molecular weight is 224 g/mol. The lowest BCUT2D eigenvalue weighted by Gasteiger charge is -2.00.